The quantitative estimate of drug-likeness (QED) is 0.524. The molecule has 1 fully saturated rings. The Hall–Kier alpha value is -3.48. The second-order valence-electron chi connectivity index (χ2n) is 7.35. The highest BCUT2D eigenvalue weighted by atomic mass is 16.5. The zero-order valence-electron chi connectivity index (χ0n) is 16.0. The Morgan fingerprint density at radius 2 is 1.83 bits per heavy atom. The lowest BCUT2D eigenvalue weighted by molar-refractivity contribution is 0.369. The van der Waals surface area contributed by atoms with Gasteiger partial charge >= 0.3 is 5.69 Å². The van der Waals surface area contributed by atoms with E-state index < -0.39 is 0 Å². The number of hydrogen-bond donors (Lipinski definition) is 0. The van der Waals surface area contributed by atoms with Crippen LogP contribution in [-0.2, 0) is 13.0 Å². The van der Waals surface area contributed by atoms with Crippen molar-refractivity contribution in [2.24, 2.45) is 0 Å². The Bertz CT molecular complexity index is 1310. The standard InChI is InChI=1S/C22H20N4O3/c1-2-14-7-9-15(10-8-14)20-23-19(29-24-20)13-25-18-6-4-3-5-17(18)21(27)26(22(25)28)16-11-12-16/h3-10,16H,2,11-13H2,1H3. The van der Waals surface area contributed by atoms with Crippen molar-refractivity contribution in [1.82, 2.24) is 19.3 Å². The molecule has 0 unspecified atom stereocenters. The molecule has 0 atom stereocenters. The van der Waals surface area contributed by atoms with Gasteiger partial charge in [-0.05, 0) is 37.0 Å². The zero-order valence-corrected chi connectivity index (χ0v) is 16.0. The Morgan fingerprint density at radius 3 is 2.55 bits per heavy atom. The van der Waals surface area contributed by atoms with Gasteiger partial charge in [-0.25, -0.2) is 4.79 Å². The molecule has 2 aromatic carbocycles. The van der Waals surface area contributed by atoms with Crippen molar-refractivity contribution in [1.29, 1.82) is 0 Å². The van der Waals surface area contributed by atoms with E-state index in [4.69, 9.17) is 4.52 Å². The number of rotatable bonds is 5. The summed E-state index contributed by atoms with van der Waals surface area (Å²) < 4.78 is 8.33. The largest absolute Gasteiger partial charge is 0.337 e. The van der Waals surface area contributed by atoms with Gasteiger partial charge in [-0.1, -0.05) is 48.5 Å². The highest BCUT2D eigenvalue weighted by Crippen LogP contribution is 2.32. The smallest absolute Gasteiger partial charge is 0.332 e. The Morgan fingerprint density at radius 1 is 1.07 bits per heavy atom. The predicted octanol–water partition coefficient (Wildman–Crippen LogP) is 3.16. The molecule has 7 heteroatoms. The highest BCUT2D eigenvalue weighted by Gasteiger charge is 2.29. The molecule has 146 valence electrons. The number of hydrogen-bond acceptors (Lipinski definition) is 5. The summed E-state index contributed by atoms with van der Waals surface area (Å²) in [4.78, 5) is 30.3. The van der Waals surface area contributed by atoms with Crippen LogP contribution in [0.2, 0.25) is 0 Å². The van der Waals surface area contributed by atoms with E-state index in [1.165, 1.54) is 10.1 Å². The first-order valence-electron chi connectivity index (χ1n) is 9.81. The lowest BCUT2D eigenvalue weighted by Crippen LogP contribution is -2.39. The molecule has 0 saturated heterocycles. The van der Waals surface area contributed by atoms with Crippen LogP contribution in [0.3, 0.4) is 0 Å². The van der Waals surface area contributed by atoms with E-state index in [9.17, 15) is 9.59 Å². The number of para-hydroxylation sites is 1. The molecule has 5 rings (SSSR count). The average Bonchev–Trinajstić information content (AvgIpc) is 3.48. The fourth-order valence-corrected chi connectivity index (χ4v) is 3.61. The molecule has 0 spiro atoms. The van der Waals surface area contributed by atoms with Crippen molar-refractivity contribution in [2.45, 2.75) is 38.8 Å². The lowest BCUT2D eigenvalue weighted by atomic mass is 10.1. The summed E-state index contributed by atoms with van der Waals surface area (Å²) in [6.07, 6.45) is 2.67. The third-order valence-corrected chi connectivity index (χ3v) is 5.37. The molecule has 0 bridgehead atoms. The van der Waals surface area contributed by atoms with Gasteiger partial charge in [-0.15, -0.1) is 0 Å². The van der Waals surface area contributed by atoms with Crippen molar-refractivity contribution >= 4 is 10.9 Å². The molecule has 7 nitrogen and oxygen atoms in total. The van der Waals surface area contributed by atoms with Crippen LogP contribution >= 0.6 is 0 Å². The van der Waals surface area contributed by atoms with E-state index in [0.717, 1.165) is 24.8 Å². The van der Waals surface area contributed by atoms with Crippen molar-refractivity contribution in [3.8, 4) is 11.4 Å². The predicted molar refractivity (Wildman–Crippen MR) is 109 cm³/mol. The minimum absolute atomic E-state index is 0.0128. The van der Waals surface area contributed by atoms with Crippen molar-refractivity contribution < 1.29 is 4.52 Å². The van der Waals surface area contributed by atoms with Gasteiger partial charge in [0.25, 0.3) is 5.56 Å². The van der Waals surface area contributed by atoms with Gasteiger partial charge in [0.2, 0.25) is 11.7 Å². The molecule has 0 amide bonds. The molecule has 0 aliphatic heterocycles. The molecule has 0 radical (unpaired) electrons. The summed E-state index contributed by atoms with van der Waals surface area (Å²) in [6.45, 7) is 2.22. The molecular formula is C22H20N4O3. The Kier molecular flexibility index (Phi) is 4.16. The number of aryl methyl sites for hydroxylation is 1. The van der Waals surface area contributed by atoms with Gasteiger partial charge in [0.1, 0.15) is 6.54 Å². The minimum atomic E-state index is -0.330. The van der Waals surface area contributed by atoms with E-state index in [2.05, 4.69) is 17.1 Å². The summed E-state index contributed by atoms with van der Waals surface area (Å²) in [6, 6.07) is 15.1. The van der Waals surface area contributed by atoms with E-state index in [1.807, 2.05) is 30.3 Å². The van der Waals surface area contributed by atoms with Crippen molar-refractivity contribution in [3.05, 3.63) is 80.8 Å². The third-order valence-electron chi connectivity index (χ3n) is 5.37. The fraction of sp³-hybridized carbons (Fsp3) is 0.273. The number of nitrogens with zero attached hydrogens (tertiary/aromatic N) is 4. The van der Waals surface area contributed by atoms with E-state index >= 15 is 0 Å². The third kappa shape index (κ3) is 3.08. The van der Waals surface area contributed by atoms with Crippen LogP contribution in [-0.4, -0.2) is 19.3 Å². The second-order valence-corrected chi connectivity index (χ2v) is 7.35. The maximum atomic E-state index is 13.1. The molecular weight excluding hydrogens is 368 g/mol. The normalized spacial score (nSPS) is 13.8. The monoisotopic (exact) mass is 388 g/mol. The van der Waals surface area contributed by atoms with Gasteiger partial charge < -0.3 is 4.52 Å². The summed E-state index contributed by atoms with van der Waals surface area (Å²) in [5.41, 5.74) is 2.11. The van der Waals surface area contributed by atoms with Gasteiger partial charge in [-0.2, -0.15) is 4.98 Å². The van der Waals surface area contributed by atoms with Crippen LogP contribution in [0.4, 0.5) is 0 Å². The van der Waals surface area contributed by atoms with E-state index in [1.54, 1.807) is 22.8 Å². The van der Waals surface area contributed by atoms with Crippen LogP contribution in [0.1, 0.15) is 37.3 Å². The summed E-state index contributed by atoms with van der Waals surface area (Å²) in [7, 11) is 0. The van der Waals surface area contributed by atoms with Gasteiger partial charge in [0.15, 0.2) is 0 Å². The number of aromatic nitrogens is 4. The molecule has 1 aliphatic carbocycles. The Balaban J connectivity index is 1.56. The van der Waals surface area contributed by atoms with Crippen LogP contribution < -0.4 is 11.2 Å². The lowest BCUT2D eigenvalue weighted by Gasteiger charge is -2.12. The van der Waals surface area contributed by atoms with Crippen LogP contribution in [0.5, 0.6) is 0 Å². The summed E-state index contributed by atoms with van der Waals surface area (Å²) >= 11 is 0. The fourth-order valence-electron chi connectivity index (χ4n) is 3.61. The second kappa shape index (κ2) is 6.84. The first kappa shape index (κ1) is 17.6. The topological polar surface area (TPSA) is 82.9 Å². The van der Waals surface area contributed by atoms with Gasteiger partial charge in [0.05, 0.1) is 10.9 Å². The van der Waals surface area contributed by atoms with Gasteiger partial charge in [0, 0.05) is 11.6 Å². The van der Waals surface area contributed by atoms with Crippen molar-refractivity contribution in [2.75, 3.05) is 0 Å². The van der Waals surface area contributed by atoms with Crippen LogP contribution in [0.25, 0.3) is 22.3 Å². The number of benzene rings is 2. The average molecular weight is 388 g/mol. The molecule has 1 saturated carbocycles. The minimum Gasteiger partial charge on any atom is -0.337 e. The van der Waals surface area contributed by atoms with Crippen LogP contribution in [0, 0.1) is 0 Å². The van der Waals surface area contributed by atoms with E-state index in [0.29, 0.717) is 22.6 Å². The molecule has 2 heterocycles. The molecule has 4 aromatic rings. The Labute approximate surface area is 166 Å². The molecule has 29 heavy (non-hydrogen) atoms. The molecule has 0 N–H and O–H groups in total. The van der Waals surface area contributed by atoms with E-state index in [-0.39, 0.29) is 23.8 Å². The maximum absolute atomic E-state index is 13.1. The highest BCUT2D eigenvalue weighted by molar-refractivity contribution is 5.78. The summed E-state index contributed by atoms with van der Waals surface area (Å²) in [5.74, 6) is 0.809. The van der Waals surface area contributed by atoms with Crippen LogP contribution in [0.15, 0.2) is 62.6 Å². The number of fused-ring (bicyclic) bond motifs is 1. The van der Waals surface area contributed by atoms with Gasteiger partial charge in [-0.3, -0.25) is 13.9 Å². The molecule has 2 aromatic heterocycles. The summed E-state index contributed by atoms with van der Waals surface area (Å²) in [5, 5.41) is 4.59. The maximum Gasteiger partial charge on any atom is 0.332 e. The zero-order chi connectivity index (χ0) is 20.0. The van der Waals surface area contributed by atoms with Crippen molar-refractivity contribution in [3.63, 3.8) is 0 Å². The first-order valence-corrected chi connectivity index (χ1v) is 9.81. The molecule has 1 aliphatic rings. The first-order chi connectivity index (χ1) is 14.2. The SMILES string of the molecule is CCc1ccc(-c2noc(Cn3c(=O)n(C4CC4)c(=O)c4ccccc43)n2)cc1.